The number of carbonyl (C=O) groups excluding carboxylic acids is 1. The monoisotopic (exact) mass is 408 g/mol. The van der Waals surface area contributed by atoms with Crippen LogP contribution in [0.3, 0.4) is 0 Å². The minimum atomic E-state index is -2.89. The Morgan fingerprint density at radius 3 is 2.78 bits per heavy atom. The first-order valence-electron chi connectivity index (χ1n) is 8.95. The lowest BCUT2D eigenvalue weighted by atomic mass is 10.1. The standard InChI is InChI=1S/C18H24N4O3S2/c1-22-16(11-15-8-10-27(24,25)13-15)20-21-18(22)26-12-17(23)19-9-7-14-5-3-2-4-6-14/h2-6,15H,7-13H2,1H3,(H,19,23)/t15-/m1/s1. The predicted molar refractivity (Wildman–Crippen MR) is 105 cm³/mol. The van der Waals surface area contributed by atoms with Crippen molar-refractivity contribution in [2.45, 2.75) is 24.4 Å². The Bertz CT molecular complexity index is 881. The van der Waals surface area contributed by atoms with Gasteiger partial charge in [-0.15, -0.1) is 10.2 Å². The second-order valence-electron chi connectivity index (χ2n) is 6.81. The van der Waals surface area contributed by atoms with Gasteiger partial charge < -0.3 is 9.88 Å². The van der Waals surface area contributed by atoms with Gasteiger partial charge in [-0.05, 0) is 24.3 Å². The lowest BCUT2D eigenvalue weighted by molar-refractivity contribution is -0.118. The molecule has 146 valence electrons. The number of amides is 1. The number of carbonyl (C=O) groups is 1. The summed E-state index contributed by atoms with van der Waals surface area (Å²) in [6.45, 7) is 0.601. The summed E-state index contributed by atoms with van der Waals surface area (Å²) >= 11 is 1.34. The van der Waals surface area contributed by atoms with Gasteiger partial charge in [0.1, 0.15) is 5.82 Å². The molecule has 27 heavy (non-hydrogen) atoms. The first-order valence-corrected chi connectivity index (χ1v) is 11.8. The summed E-state index contributed by atoms with van der Waals surface area (Å²) in [5.41, 5.74) is 1.19. The topological polar surface area (TPSA) is 93.9 Å². The molecule has 1 saturated heterocycles. The van der Waals surface area contributed by atoms with Gasteiger partial charge in [0, 0.05) is 20.0 Å². The fourth-order valence-corrected chi connectivity index (χ4v) is 5.73. The predicted octanol–water partition coefficient (Wildman–Crippen LogP) is 1.24. The summed E-state index contributed by atoms with van der Waals surface area (Å²) in [7, 11) is -1.03. The molecule has 1 aromatic carbocycles. The highest BCUT2D eigenvalue weighted by molar-refractivity contribution is 7.99. The van der Waals surface area contributed by atoms with Gasteiger partial charge in [-0.25, -0.2) is 8.42 Å². The van der Waals surface area contributed by atoms with E-state index < -0.39 is 9.84 Å². The second-order valence-corrected chi connectivity index (χ2v) is 9.98. The van der Waals surface area contributed by atoms with Crippen LogP contribution in [0.5, 0.6) is 0 Å². The smallest absolute Gasteiger partial charge is 0.230 e. The molecule has 1 N–H and O–H groups in total. The maximum atomic E-state index is 12.0. The number of hydrogen-bond donors (Lipinski definition) is 1. The quantitative estimate of drug-likeness (QED) is 0.661. The van der Waals surface area contributed by atoms with Crippen molar-refractivity contribution in [2.75, 3.05) is 23.8 Å². The molecule has 1 aliphatic rings. The fourth-order valence-electron chi connectivity index (χ4n) is 3.11. The first-order chi connectivity index (χ1) is 12.9. The highest BCUT2D eigenvalue weighted by atomic mass is 32.2. The van der Waals surface area contributed by atoms with Gasteiger partial charge >= 0.3 is 0 Å². The van der Waals surface area contributed by atoms with Crippen molar-refractivity contribution in [2.24, 2.45) is 13.0 Å². The highest BCUT2D eigenvalue weighted by Crippen LogP contribution is 2.23. The van der Waals surface area contributed by atoms with E-state index in [9.17, 15) is 13.2 Å². The Morgan fingerprint density at radius 1 is 1.30 bits per heavy atom. The van der Waals surface area contributed by atoms with Crippen molar-refractivity contribution in [3.63, 3.8) is 0 Å². The van der Waals surface area contributed by atoms with Gasteiger partial charge in [0.25, 0.3) is 0 Å². The van der Waals surface area contributed by atoms with E-state index >= 15 is 0 Å². The molecular weight excluding hydrogens is 384 g/mol. The van der Waals surface area contributed by atoms with E-state index in [0.29, 0.717) is 24.5 Å². The third-order valence-electron chi connectivity index (χ3n) is 4.63. The van der Waals surface area contributed by atoms with Crippen LogP contribution in [-0.2, 0) is 34.5 Å². The zero-order valence-electron chi connectivity index (χ0n) is 15.3. The van der Waals surface area contributed by atoms with Gasteiger partial charge in [0.05, 0.1) is 17.3 Å². The fraction of sp³-hybridized carbons (Fsp3) is 0.500. The highest BCUT2D eigenvalue weighted by Gasteiger charge is 2.29. The van der Waals surface area contributed by atoms with Crippen LogP contribution in [-0.4, -0.2) is 52.9 Å². The molecular formula is C18H24N4O3S2. The maximum Gasteiger partial charge on any atom is 0.230 e. The Hall–Kier alpha value is -1.87. The second kappa shape index (κ2) is 8.88. The Balaban J connectivity index is 1.43. The van der Waals surface area contributed by atoms with Crippen molar-refractivity contribution >= 4 is 27.5 Å². The summed E-state index contributed by atoms with van der Waals surface area (Å²) in [4.78, 5) is 12.0. The molecule has 0 bridgehead atoms. The van der Waals surface area contributed by atoms with Crippen molar-refractivity contribution in [1.29, 1.82) is 0 Å². The van der Waals surface area contributed by atoms with Crippen LogP contribution in [0.25, 0.3) is 0 Å². The molecule has 0 radical (unpaired) electrons. The molecule has 9 heteroatoms. The number of sulfone groups is 1. The SMILES string of the molecule is Cn1c(C[C@H]2CCS(=O)(=O)C2)nnc1SCC(=O)NCCc1ccccc1. The van der Waals surface area contributed by atoms with Gasteiger partial charge in [-0.1, -0.05) is 42.1 Å². The minimum absolute atomic E-state index is 0.0395. The largest absolute Gasteiger partial charge is 0.355 e. The number of aromatic nitrogens is 3. The van der Waals surface area contributed by atoms with E-state index in [1.54, 1.807) is 0 Å². The molecule has 1 atom stereocenters. The van der Waals surface area contributed by atoms with Crippen LogP contribution in [0.4, 0.5) is 0 Å². The van der Waals surface area contributed by atoms with Crippen LogP contribution in [0.2, 0.25) is 0 Å². The Kier molecular flexibility index (Phi) is 6.54. The lowest BCUT2D eigenvalue weighted by Gasteiger charge is -2.08. The van der Waals surface area contributed by atoms with Gasteiger partial charge in [0.15, 0.2) is 15.0 Å². The van der Waals surface area contributed by atoms with E-state index in [2.05, 4.69) is 15.5 Å². The van der Waals surface area contributed by atoms with Crippen LogP contribution < -0.4 is 5.32 Å². The van der Waals surface area contributed by atoms with E-state index in [1.807, 2.05) is 41.9 Å². The van der Waals surface area contributed by atoms with Crippen LogP contribution in [0.1, 0.15) is 17.8 Å². The molecule has 1 aliphatic heterocycles. The summed E-state index contributed by atoms with van der Waals surface area (Å²) in [5.74, 6) is 1.61. The average molecular weight is 409 g/mol. The summed E-state index contributed by atoms with van der Waals surface area (Å²) in [6.07, 6.45) is 2.09. The Labute approximate surface area is 163 Å². The molecule has 7 nitrogen and oxygen atoms in total. The molecule has 3 rings (SSSR count). The van der Waals surface area contributed by atoms with Crippen LogP contribution in [0.15, 0.2) is 35.5 Å². The third-order valence-corrected chi connectivity index (χ3v) is 7.49. The van der Waals surface area contributed by atoms with E-state index in [1.165, 1.54) is 17.3 Å². The Morgan fingerprint density at radius 2 is 2.07 bits per heavy atom. The van der Waals surface area contributed by atoms with Crippen molar-refractivity contribution < 1.29 is 13.2 Å². The normalized spacial score (nSPS) is 18.5. The average Bonchev–Trinajstić information content (AvgIpc) is 3.16. The number of rotatable bonds is 8. The van der Waals surface area contributed by atoms with Gasteiger partial charge in [-0.2, -0.15) is 0 Å². The van der Waals surface area contributed by atoms with Crippen molar-refractivity contribution in [3.8, 4) is 0 Å². The number of thioether (sulfide) groups is 1. The molecule has 0 aliphatic carbocycles. The molecule has 1 aromatic heterocycles. The molecule has 0 saturated carbocycles. The number of benzene rings is 1. The van der Waals surface area contributed by atoms with Crippen LogP contribution >= 0.6 is 11.8 Å². The molecule has 1 amide bonds. The van der Waals surface area contributed by atoms with Crippen LogP contribution in [0, 0.1) is 5.92 Å². The summed E-state index contributed by atoms with van der Waals surface area (Å²) < 4.78 is 25.0. The maximum absolute atomic E-state index is 12.0. The first kappa shape index (κ1) is 19.9. The molecule has 2 heterocycles. The zero-order chi connectivity index (χ0) is 19.3. The number of nitrogens with one attached hydrogen (secondary N) is 1. The molecule has 1 fully saturated rings. The molecule has 0 unspecified atom stereocenters. The zero-order valence-corrected chi connectivity index (χ0v) is 16.9. The van der Waals surface area contributed by atoms with E-state index in [0.717, 1.165) is 12.2 Å². The summed E-state index contributed by atoms with van der Waals surface area (Å²) in [5, 5.41) is 11.9. The number of nitrogens with zero attached hydrogens (tertiary/aromatic N) is 3. The summed E-state index contributed by atoms with van der Waals surface area (Å²) in [6, 6.07) is 10.0. The third kappa shape index (κ3) is 5.80. The van der Waals surface area contributed by atoms with Crippen molar-refractivity contribution in [3.05, 3.63) is 41.7 Å². The van der Waals surface area contributed by atoms with Gasteiger partial charge in [0.2, 0.25) is 5.91 Å². The minimum Gasteiger partial charge on any atom is -0.355 e. The van der Waals surface area contributed by atoms with Crippen molar-refractivity contribution in [1.82, 2.24) is 20.1 Å². The number of hydrogen-bond acceptors (Lipinski definition) is 6. The molecule has 0 spiro atoms. The lowest BCUT2D eigenvalue weighted by Crippen LogP contribution is -2.27. The van der Waals surface area contributed by atoms with E-state index in [-0.39, 0.29) is 29.1 Å². The van der Waals surface area contributed by atoms with E-state index in [4.69, 9.17) is 0 Å². The van der Waals surface area contributed by atoms with Gasteiger partial charge in [-0.3, -0.25) is 4.79 Å². The molecule has 2 aromatic rings.